The largest absolute Gasteiger partial charge is 0.320 e. The third-order valence-corrected chi connectivity index (χ3v) is 6.17. The molecule has 1 aliphatic heterocycles. The molecule has 0 aliphatic carbocycles. The maximum Gasteiger partial charge on any atom is 0.282 e. The molecular formula is C24H32FN2O+. The van der Waals surface area contributed by atoms with Gasteiger partial charge in [0.15, 0.2) is 6.04 Å². The minimum Gasteiger partial charge on any atom is -0.320 e. The maximum absolute atomic E-state index is 13.8. The average molecular weight is 384 g/mol. The van der Waals surface area contributed by atoms with E-state index in [-0.39, 0.29) is 17.8 Å². The van der Waals surface area contributed by atoms with E-state index >= 15 is 0 Å². The van der Waals surface area contributed by atoms with E-state index in [1.54, 1.807) is 12.1 Å². The molecule has 1 fully saturated rings. The molecule has 0 saturated carbocycles. The van der Waals surface area contributed by atoms with E-state index in [1.165, 1.54) is 12.5 Å². The molecule has 1 N–H and O–H groups in total. The van der Waals surface area contributed by atoms with Crippen LogP contribution in [0.3, 0.4) is 0 Å². The molecule has 3 nitrogen and oxygen atoms in total. The van der Waals surface area contributed by atoms with Crippen LogP contribution in [0.1, 0.15) is 49.3 Å². The van der Waals surface area contributed by atoms with Crippen LogP contribution in [0, 0.1) is 19.7 Å². The highest BCUT2D eigenvalue weighted by Crippen LogP contribution is 2.30. The predicted molar refractivity (Wildman–Crippen MR) is 113 cm³/mol. The second kappa shape index (κ2) is 8.87. The number of aryl methyl sites for hydroxylation is 2. The van der Waals surface area contributed by atoms with Gasteiger partial charge < -0.3 is 9.80 Å². The third kappa shape index (κ3) is 4.44. The van der Waals surface area contributed by atoms with Crippen LogP contribution in [-0.4, -0.2) is 29.5 Å². The molecule has 1 aliphatic rings. The van der Waals surface area contributed by atoms with Crippen molar-refractivity contribution < 1.29 is 13.7 Å². The van der Waals surface area contributed by atoms with Gasteiger partial charge in [-0.25, -0.2) is 4.39 Å². The quantitative estimate of drug-likeness (QED) is 0.669. The molecule has 0 aromatic heterocycles. The van der Waals surface area contributed by atoms with Crippen molar-refractivity contribution in [2.24, 2.45) is 0 Å². The summed E-state index contributed by atoms with van der Waals surface area (Å²) < 4.78 is 14.5. The van der Waals surface area contributed by atoms with Crippen molar-refractivity contribution in [3.05, 3.63) is 65.0 Å². The second-order valence-corrected chi connectivity index (χ2v) is 8.19. The minimum atomic E-state index is -0.208. The second-order valence-electron chi connectivity index (χ2n) is 8.19. The van der Waals surface area contributed by atoms with Gasteiger partial charge in [0.05, 0.1) is 13.1 Å². The fourth-order valence-corrected chi connectivity index (χ4v) is 4.76. The molecule has 4 heteroatoms. The topological polar surface area (TPSA) is 29.1 Å². The summed E-state index contributed by atoms with van der Waals surface area (Å²) in [6.45, 7) is 8.79. The Balaban J connectivity index is 1.89. The van der Waals surface area contributed by atoms with Gasteiger partial charge in [-0.05, 0) is 56.4 Å². The van der Waals surface area contributed by atoms with Gasteiger partial charge in [-0.15, -0.1) is 0 Å². The number of quaternary nitrogens is 1. The number of rotatable bonds is 6. The Morgan fingerprint density at radius 2 is 1.71 bits per heavy atom. The number of likely N-dealkylation sites (tertiary alicyclic amines) is 1. The van der Waals surface area contributed by atoms with Crippen molar-refractivity contribution in [1.82, 2.24) is 0 Å². The Hall–Kier alpha value is -2.20. The Labute approximate surface area is 168 Å². The molecule has 1 heterocycles. The number of halogens is 1. The molecule has 1 unspecified atom stereocenters. The molecule has 2 aromatic rings. The number of nitrogens with one attached hydrogen (secondary N) is 1. The average Bonchev–Trinajstić information content (AvgIpc) is 2.66. The van der Waals surface area contributed by atoms with Gasteiger partial charge in [0.2, 0.25) is 0 Å². The summed E-state index contributed by atoms with van der Waals surface area (Å²) in [5, 5.41) is 3.22. The molecular weight excluding hydrogens is 351 g/mol. The Kier molecular flexibility index (Phi) is 6.50. The van der Waals surface area contributed by atoms with E-state index < -0.39 is 0 Å². The first-order chi connectivity index (χ1) is 13.4. The van der Waals surface area contributed by atoms with Gasteiger partial charge in [0.1, 0.15) is 12.4 Å². The number of para-hydroxylation sites is 1. The number of nitrogens with zero attached hydrogens (tertiary/aromatic N) is 1. The van der Waals surface area contributed by atoms with E-state index in [1.807, 2.05) is 38.1 Å². The monoisotopic (exact) mass is 383 g/mol. The number of benzene rings is 2. The fourth-order valence-electron chi connectivity index (χ4n) is 4.76. The first-order valence-electron chi connectivity index (χ1n) is 10.4. The van der Waals surface area contributed by atoms with E-state index in [0.717, 1.165) is 59.2 Å². The van der Waals surface area contributed by atoms with E-state index in [0.29, 0.717) is 6.54 Å². The minimum absolute atomic E-state index is 0.0817. The van der Waals surface area contributed by atoms with Crippen molar-refractivity contribution in [2.75, 3.05) is 18.4 Å². The van der Waals surface area contributed by atoms with Crippen LogP contribution in [0.4, 0.5) is 10.1 Å². The fraction of sp³-hybridized carbons (Fsp3) is 0.458. The zero-order valence-electron chi connectivity index (χ0n) is 17.3. The van der Waals surface area contributed by atoms with Crippen LogP contribution in [0.2, 0.25) is 0 Å². The third-order valence-electron chi connectivity index (χ3n) is 6.17. The molecule has 0 bridgehead atoms. The summed E-state index contributed by atoms with van der Waals surface area (Å²) in [5.41, 5.74) is 4.06. The lowest BCUT2D eigenvalue weighted by atomic mass is 9.98. The van der Waals surface area contributed by atoms with Gasteiger partial charge in [0.25, 0.3) is 5.91 Å². The standard InChI is InChI=1S/C24H31FN2O/c1-4-22(24(28)26-23-18(2)10-8-11-19(23)3)27(14-6-5-7-15-27)17-20-12-9-13-21(25)16-20/h8-13,16,22H,4-7,14-15,17H2,1-3H3/p+1. The van der Waals surface area contributed by atoms with E-state index in [2.05, 4.69) is 12.2 Å². The highest BCUT2D eigenvalue weighted by atomic mass is 19.1. The summed E-state index contributed by atoms with van der Waals surface area (Å²) >= 11 is 0. The number of carbonyl (C=O) groups is 1. The Morgan fingerprint density at radius 1 is 1.07 bits per heavy atom. The molecule has 3 rings (SSSR count). The van der Waals surface area contributed by atoms with Gasteiger partial charge in [-0.1, -0.05) is 37.3 Å². The normalized spacial score (nSPS) is 17.1. The summed E-state index contributed by atoms with van der Waals surface area (Å²) in [6, 6.07) is 12.8. The van der Waals surface area contributed by atoms with Crippen LogP contribution < -0.4 is 5.32 Å². The smallest absolute Gasteiger partial charge is 0.282 e. The lowest BCUT2D eigenvalue weighted by Crippen LogP contribution is -2.61. The number of piperidine rings is 1. The molecule has 150 valence electrons. The lowest BCUT2D eigenvalue weighted by molar-refractivity contribution is -0.959. The number of hydrogen-bond donors (Lipinski definition) is 1. The van der Waals surface area contributed by atoms with Gasteiger partial charge in [-0.3, -0.25) is 4.79 Å². The van der Waals surface area contributed by atoms with Crippen LogP contribution in [0.15, 0.2) is 42.5 Å². The molecule has 1 amide bonds. The molecule has 28 heavy (non-hydrogen) atoms. The SMILES string of the molecule is CCC(C(=O)Nc1c(C)cccc1C)[N+]1(Cc2cccc(F)c2)CCCCC1. The summed E-state index contributed by atoms with van der Waals surface area (Å²) in [6.07, 6.45) is 4.20. The van der Waals surface area contributed by atoms with Crippen molar-refractivity contribution in [2.45, 2.75) is 59.0 Å². The van der Waals surface area contributed by atoms with E-state index in [4.69, 9.17) is 0 Å². The summed E-state index contributed by atoms with van der Waals surface area (Å²) in [5.74, 6) is -0.126. The Bertz CT molecular complexity index is 807. The van der Waals surface area contributed by atoms with Gasteiger partial charge >= 0.3 is 0 Å². The van der Waals surface area contributed by atoms with Gasteiger partial charge in [-0.2, -0.15) is 0 Å². The number of carbonyl (C=O) groups excluding carboxylic acids is 1. The molecule has 1 atom stereocenters. The molecule has 2 aromatic carbocycles. The van der Waals surface area contributed by atoms with E-state index in [9.17, 15) is 9.18 Å². The van der Waals surface area contributed by atoms with Crippen LogP contribution >= 0.6 is 0 Å². The lowest BCUT2D eigenvalue weighted by Gasteiger charge is -2.46. The Morgan fingerprint density at radius 3 is 2.32 bits per heavy atom. The first kappa shape index (κ1) is 20.5. The van der Waals surface area contributed by atoms with Crippen LogP contribution in [0.5, 0.6) is 0 Å². The molecule has 0 spiro atoms. The number of hydrogen-bond acceptors (Lipinski definition) is 1. The zero-order valence-corrected chi connectivity index (χ0v) is 17.3. The zero-order chi connectivity index (χ0) is 20.1. The van der Waals surface area contributed by atoms with Gasteiger partial charge in [0, 0.05) is 17.7 Å². The number of amides is 1. The van der Waals surface area contributed by atoms with Crippen LogP contribution in [-0.2, 0) is 11.3 Å². The summed E-state index contributed by atoms with van der Waals surface area (Å²) in [4.78, 5) is 13.4. The first-order valence-corrected chi connectivity index (χ1v) is 10.4. The summed E-state index contributed by atoms with van der Waals surface area (Å²) in [7, 11) is 0. The number of anilines is 1. The highest BCUT2D eigenvalue weighted by Gasteiger charge is 2.42. The molecule has 1 saturated heterocycles. The van der Waals surface area contributed by atoms with Crippen molar-refractivity contribution in [1.29, 1.82) is 0 Å². The van der Waals surface area contributed by atoms with Crippen LogP contribution in [0.25, 0.3) is 0 Å². The highest BCUT2D eigenvalue weighted by molar-refractivity contribution is 5.95. The van der Waals surface area contributed by atoms with Crippen molar-refractivity contribution >= 4 is 11.6 Å². The maximum atomic E-state index is 13.8. The van der Waals surface area contributed by atoms with Crippen molar-refractivity contribution in [3.63, 3.8) is 0 Å². The predicted octanol–water partition coefficient (Wildman–Crippen LogP) is 5.36. The molecule has 0 radical (unpaired) electrons. The van der Waals surface area contributed by atoms with Crippen molar-refractivity contribution in [3.8, 4) is 0 Å².